The number of methoxy groups -OCH3 is 1. The molecule has 2 aromatic carbocycles. The van der Waals surface area contributed by atoms with Crippen LogP contribution in [0.3, 0.4) is 0 Å². The molecule has 1 fully saturated rings. The van der Waals surface area contributed by atoms with Crippen LogP contribution in [0, 0.1) is 0 Å². The molecule has 0 radical (unpaired) electrons. The highest BCUT2D eigenvalue weighted by atomic mass is 127. The number of ether oxygens (including phenoxy) is 1. The van der Waals surface area contributed by atoms with E-state index < -0.39 is 0 Å². The number of hydrogen-bond donors (Lipinski definition) is 1. The van der Waals surface area contributed by atoms with Crippen molar-refractivity contribution >= 4 is 35.6 Å². The Balaban J connectivity index is 0.00000324. The summed E-state index contributed by atoms with van der Waals surface area (Å²) in [5.74, 6) is 1.80. The van der Waals surface area contributed by atoms with Crippen LogP contribution in [0.4, 0.5) is 5.69 Å². The Morgan fingerprint density at radius 3 is 2.24 bits per heavy atom. The van der Waals surface area contributed by atoms with E-state index in [9.17, 15) is 4.79 Å². The van der Waals surface area contributed by atoms with Crippen molar-refractivity contribution in [3.8, 4) is 5.75 Å². The summed E-state index contributed by atoms with van der Waals surface area (Å²) in [4.78, 5) is 21.1. The van der Waals surface area contributed by atoms with Gasteiger partial charge in [0.2, 0.25) is 0 Å². The number of rotatable bonds is 6. The number of aliphatic imine (C=N–C) groups is 1. The molecule has 0 saturated carbocycles. The van der Waals surface area contributed by atoms with Gasteiger partial charge in [-0.3, -0.25) is 9.79 Å². The molecule has 1 aliphatic rings. The summed E-state index contributed by atoms with van der Waals surface area (Å²) in [5, 5.41) is 3.49. The highest BCUT2D eigenvalue weighted by Crippen LogP contribution is 2.20. The molecular formula is C26H32IN5O2. The van der Waals surface area contributed by atoms with Crippen LogP contribution in [0.1, 0.15) is 11.1 Å². The number of guanidine groups is 1. The number of pyridine rings is 1. The number of piperazine rings is 1. The molecule has 1 saturated heterocycles. The minimum Gasteiger partial charge on any atom is -0.497 e. The number of halogens is 1. The Kier molecular flexibility index (Phi) is 9.38. The summed E-state index contributed by atoms with van der Waals surface area (Å²) in [6.45, 7) is 5.00. The zero-order chi connectivity index (χ0) is 23.0. The molecule has 2 heterocycles. The average Bonchev–Trinajstić information content (AvgIpc) is 2.87. The molecule has 0 aliphatic carbocycles. The summed E-state index contributed by atoms with van der Waals surface area (Å²) in [7, 11) is 3.52. The van der Waals surface area contributed by atoms with Gasteiger partial charge in [0.05, 0.1) is 13.7 Å². The van der Waals surface area contributed by atoms with Gasteiger partial charge >= 0.3 is 0 Å². The second-order valence-corrected chi connectivity index (χ2v) is 8.06. The first kappa shape index (κ1) is 25.6. The van der Waals surface area contributed by atoms with Crippen molar-refractivity contribution in [1.29, 1.82) is 0 Å². The Bertz CT molecular complexity index is 1120. The molecule has 1 aliphatic heterocycles. The van der Waals surface area contributed by atoms with E-state index in [0.717, 1.165) is 43.5 Å². The Labute approximate surface area is 218 Å². The third-order valence-electron chi connectivity index (χ3n) is 5.95. The summed E-state index contributed by atoms with van der Waals surface area (Å²) in [6, 6.07) is 21.8. The first-order chi connectivity index (χ1) is 16.2. The van der Waals surface area contributed by atoms with Crippen molar-refractivity contribution in [1.82, 2.24) is 14.8 Å². The van der Waals surface area contributed by atoms with Crippen LogP contribution in [-0.4, -0.2) is 55.8 Å². The summed E-state index contributed by atoms with van der Waals surface area (Å²) in [6.07, 6.45) is 1.82. The van der Waals surface area contributed by atoms with Crippen LogP contribution >= 0.6 is 24.0 Å². The summed E-state index contributed by atoms with van der Waals surface area (Å²) in [5.41, 5.74) is 3.51. The van der Waals surface area contributed by atoms with Gasteiger partial charge in [-0.15, -0.1) is 24.0 Å². The third kappa shape index (κ3) is 6.53. The lowest BCUT2D eigenvalue weighted by atomic mass is 10.1. The van der Waals surface area contributed by atoms with E-state index in [1.54, 1.807) is 23.8 Å². The lowest BCUT2D eigenvalue weighted by Crippen LogP contribution is -2.52. The topological polar surface area (TPSA) is 62.1 Å². The fourth-order valence-electron chi connectivity index (χ4n) is 4.03. The van der Waals surface area contributed by atoms with E-state index in [1.165, 1.54) is 11.3 Å². The van der Waals surface area contributed by atoms with E-state index in [2.05, 4.69) is 56.5 Å². The predicted molar refractivity (Wildman–Crippen MR) is 149 cm³/mol. The van der Waals surface area contributed by atoms with Gasteiger partial charge in [0, 0.05) is 57.7 Å². The van der Waals surface area contributed by atoms with Crippen LogP contribution in [0.25, 0.3) is 0 Å². The standard InChI is InChI=1S/C26H31N5O2.HI/c1-27-26(30-17-15-29(16-18-30)23-10-12-24(33-2)13-11-23)28-19-21-6-8-22(9-7-21)20-31-14-4-3-5-25(31)32;/h3-14H,15-20H2,1-2H3,(H,27,28);1H. The third-order valence-corrected chi connectivity index (χ3v) is 5.95. The van der Waals surface area contributed by atoms with Gasteiger partial charge in [0.15, 0.2) is 5.96 Å². The van der Waals surface area contributed by atoms with Gasteiger partial charge < -0.3 is 24.4 Å². The zero-order valence-corrected chi connectivity index (χ0v) is 22.0. The van der Waals surface area contributed by atoms with E-state index in [1.807, 2.05) is 31.4 Å². The largest absolute Gasteiger partial charge is 0.497 e. The van der Waals surface area contributed by atoms with E-state index in [-0.39, 0.29) is 29.5 Å². The van der Waals surface area contributed by atoms with Crippen LogP contribution in [0.2, 0.25) is 0 Å². The highest BCUT2D eigenvalue weighted by molar-refractivity contribution is 14.0. The zero-order valence-electron chi connectivity index (χ0n) is 19.7. The number of nitrogens with one attached hydrogen (secondary N) is 1. The molecule has 8 heteroatoms. The fraction of sp³-hybridized carbons (Fsp3) is 0.308. The van der Waals surface area contributed by atoms with Gasteiger partial charge in [0.25, 0.3) is 5.56 Å². The van der Waals surface area contributed by atoms with Crippen LogP contribution in [-0.2, 0) is 13.1 Å². The molecule has 34 heavy (non-hydrogen) atoms. The average molecular weight is 573 g/mol. The number of benzene rings is 2. The quantitative estimate of drug-likeness (QED) is 0.278. The van der Waals surface area contributed by atoms with Gasteiger partial charge in [0.1, 0.15) is 5.75 Å². The van der Waals surface area contributed by atoms with Gasteiger partial charge in [-0.25, -0.2) is 0 Å². The van der Waals surface area contributed by atoms with Crippen molar-refractivity contribution in [2.45, 2.75) is 13.1 Å². The normalized spacial score (nSPS) is 13.9. The molecule has 0 atom stereocenters. The minimum absolute atomic E-state index is 0. The molecule has 4 rings (SSSR count). The Hall–Kier alpha value is -3.01. The Morgan fingerprint density at radius 1 is 0.941 bits per heavy atom. The maximum atomic E-state index is 11.9. The Morgan fingerprint density at radius 2 is 1.62 bits per heavy atom. The van der Waals surface area contributed by atoms with Crippen molar-refractivity contribution in [3.05, 3.63) is 94.4 Å². The van der Waals surface area contributed by atoms with Crippen molar-refractivity contribution < 1.29 is 4.74 Å². The van der Waals surface area contributed by atoms with Crippen LogP contribution in [0.5, 0.6) is 5.75 Å². The molecule has 0 bridgehead atoms. The first-order valence-electron chi connectivity index (χ1n) is 11.2. The SMILES string of the molecule is CN=C(NCc1ccc(Cn2ccccc2=O)cc1)N1CCN(c2ccc(OC)cc2)CC1.I. The molecule has 1 aromatic heterocycles. The maximum Gasteiger partial charge on any atom is 0.250 e. The van der Waals surface area contributed by atoms with Crippen LogP contribution < -0.4 is 20.5 Å². The molecular weight excluding hydrogens is 541 g/mol. The molecule has 0 spiro atoms. The second-order valence-electron chi connectivity index (χ2n) is 8.06. The smallest absolute Gasteiger partial charge is 0.250 e. The number of anilines is 1. The lowest BCUT2D eigenvalue weighted by molar-refractivity contribution is 0.372. The molecule has 0 amide bonds. The van der Waals surface area contributed by atoms with Gasteiger partial charge in [-0.05, 0) is 41.5 Å². The van der Waals surface area contributed by atoms with E-state index in [0.29, 0.717) is 13.1 Å². The minimum atomic E-state index is 0. The van der Waals surface area contributed by atoms with E-state index >= 15 is 0 Å². The molecule has 180 valence electrons. The second kappa shape index (κ2) is 12.5. The summed E-state index contributed by atoms with van der Waals surface area (Å²) < 4.78 is 6.97. The lowest BCUT2D eigenvalue weighted by Gasteiger charge is -2.37. The van der Waals surface area contributed by atoms with Gasteiger partial charge in [-0.1, -0.05) is 30.3 Å². The monoisotopic (exact) mass is 573 g/mol. The van der Waals surface area contributed by atoms with E-state index in [4.69, 9.17) is 4.74 Å². The maximum absolute atomic E-state index is 11.9. The molecule has 7 nitrogen and oxygen atoms in total. The van der Waals surface area contributed by atoms with Gasteiger partial charge in [-0.2, -0.15) is 0 Å². The van der Waals surface area contributed by atoms with Crippen molar-refractivity contribution in [2.24, 2.45) is 4.99 Å². The highest BCUT2D eigenvalue weighted by Gasteiger charge is 2.19. The fourth-order valence-corrected chi connectivity index (χ4v) is 4.03. The number of hydrogen-bond acceptors (Lipinski definition) is 4. The molecule has 0 unspecified atom stereocenters. The molecule has 1 N–H and O–H groups in total. The number of nitrogens with zero attached hydrogens (tertiary/aromatic N) is 4. The predicted octanol–water partition coefficient (Wildman–Crippen LogP) is 3.42. The van der Waals surface area contributed by atoms with Crippen molar-refractivity contribution in [3.63, 3.8) is 0 Å². The summed E-state index contributed by atoms with van der Waals surface area (Å²) >= 11 is 0. The molecule has 3 aromatic rings. The first-order valence-corrected chi connectivity index (χ1v) is 11.2. The van der Waals surface area contributed by atoms with Crippen molar-refractivity contribution in [2.75, 3.05) is 45.2 Å². The number of aromatic nitrogens is 1. The van der Waals surface area contributed by atoms with Crippen LogP contribution in [0.15, 0.2) is 82.7 Å².